The average molecular weight is 407 g/mol. The van der Waals surface area contributed by atoms with Crippen molar-refractivity contribution in [2.24, 2.45) is 0 Å². The molecule has 2 rings (SSSR count). The van der Waals surface area contributed by atoms with Crippen LogP contribution in [0.1, 0.15) is 22.8 Å². The molecule has 1 N–H and O–H groups in total. The Balaban J connectivity index is 1.86. The second-order valence-electron chi connectivity index (χ2n) is 5.23. The molecule has 0 radical (unpaired) electrons. The molecule has 0 aliphatic rings. The van der Waals surface area contributed by atoms with Crippen molar-refractivity contribution < 1.29 is 19.2 Å². The number of non-ortho nitro benzene ring substituents is 1. The largest absolute Gasteiger partial charge is 0.459 e. The standard InChI is InChI=1S/C17H15BrN2O5/c1-11(19-16(21)13-4-6-14(18)7-5-13)17(22)25-10-12-2-8-15(9-3-12)20(23)24/h2-9,11H,10H2,1H3,(H,19,21)/t11-/m0/s1. The van der Waals surface area contributed by atoms with Crippen LogP contribution in [0.3, 0.4) is 0 Å². The third-order valence-corrected chi connectivity index (χ3v) is 3.86. The number of halogens is 1. The topological polar surface area (TPSA) is 98.5 Å². The number of carbonyl (C=O) groups is 2. The van der Waals surface area contributed by atoms with Crippen molar-refractivity contribution in [1.29, 1.82) is 0 Å². The van der Waals surface area contributed by atoms with Crippen LogP contribution in [0.4, 0.5) is 5.69 Å². The summed E-state index contributed by atoms with van der Waals surface area (Å²) in [5, 5.41) is 13.1. The molecule has 1 amide bonds. The van der Waals surface area contributed by atoms with Gasteiger partial charge in [0.2, 0.25) is 0 Å². The van der Waals surface area contributed by atoms with Gasteiger partial charge < -0.3 is 10.1 Å². The number of nitro benzene ring substituents is 1. The van der Waals surface area contributed by atoms with E-state index in [9.17, 15) is 19.7 Å². The van der Waals surface area contributed by atoms with E-state index in [0.29, 0.717) is 11.1 Å². The van der Waals surface area contributed by atoms with Gasteiger partial charge in [0.05, 0.1) is 4.92 Å². The first kappa shape index (κ1) is 18.6. The van der Waals surface area contributed by atoms with Crippen LogP contribution < -0.4 is 5.32 Å². The van der Waals surface area contributed by atoms with Gasteiger partial charge in [-0.1, -0.05) is 15.9 Å². The van der Waals surface area contributed by atoms with Gasteiger partial charge in [-0.15, -0.1) is 0 Å². The minimum atomic E-state index is -0.825. The monoisotopic (exact) mass is 406 g/mol. The van der Waals surface area contributed by atoms with Crippen LogP contribution in [0, 0.1) is 10.1 Å². The van der Waals surface area contributed by atoms with E-state index in [-0.39, 0.29) is 18.2 Å². The number of hydrogen-bond acceptors (Lipinski definition) is 5. The number of benzene rings is 2. The molecule has 0 unspecified atom stereocenters. The molecule has 0 fully saturated rings. The van der Waals surface area contributed by atoms with Crippen molar-refractivity contribution in [3.05, 3.63) is 74.2 Å². The summed E-state index contributed by atoms with van der Waals surface area (Å²) >= 11 is 3.28. The molecular formula is C17H15BrN2O5. The molecule has 0 aliphatic heterocycles. The van der Waals surface area contributed by atoms with E-state index < -0.39 is 16.9 Å². The first-order chi connectivity index (χ1) is 11.9. The van der Waals surface area contributed by atoms with Gasteiger partial charge in [-0.3, -0.25) is 14.9 Å². The van der Waals surface area contributed by atoms with E-state index >= 15 is 0 Å². The third kappa shape index (κ3) is 5.39. The van der Waals surface area contributed by atoms with Crippen molar-refractivity contribution in [2.45, 2.75) is 19.6 Å². The number of amides is 1. The number of nitrogens with one attached hydrogen (secondary N) is 1. The minimum absolute atomic E-state index is 0.0324. The van der Waals surface area contributed by atoms with Gasteiger partial charge in [0.1, 0.15) is 12.6 Å². The summed E-state index contributed by atoms with van der Waals surface area (Å²) in [5.41, 5.74) is 1.01. The number of nitrogens with zero attached hydrogens (tertiary/aromatic N) is 1. The van der Waals surface area contributed by atoms with Crippen molar-refractivity contribution >= 4 is 33.5 Å². The summed E-state index contributed by atoms with van der Waals surface area (Å²) in [5.74, 6) is -0.976. The fourth-order valence-corrected chi connectivity index (χ4v) is 2.20. The number of rotatable bonds is 6. The van der Waals surface area contributed by atoms with Crippen LogP contribution in [-0.4, -0.2) is 22.8 Å². The molecule has 130 valence electrons. The molecule has 7 nitrogen and oxygen atoms in total. The Labute approximate surface area is 152 Å². The molecule has 2 aromatic carbocycles. The Hall–Kier alpha value is -2.74. The predicted octanol–water partition coefficient (Wildman–Crippen LogP) is 3.22. The number of hydrogen-bond donors (Lipinski definition) is 1. The summed E-state index contributed by atoms with van der Waals surface area (Å²) in [6, 6.07) is 11.6. The van der Waals surface area contributed by atoms with Crippen molar-refractivity contribution in [3.63, 3.8) is 0 Å². The molecule has 1 atom stereocenters. The van der Waals surface area contributed by atoms with Crippen molar-refractivity contribution in [3.8, 4) is 0 Å². The quantitative estimate of drug-likeness (QED) is 0.451. The minimum Gasteiger partial charge on any atom is -0.459 e. The Kier molecular flexibility index (Phi) is 6.24. The summed E-state index contributed by atoms with van der Waals surface area (Å²) in [4.78, 5) is 34.1. The summed E-state index contributed by atoms with van der Waals surface area (Å²) in [6.07, 6.45) is 0. The van der Waals surface area contributed by atoms with Crippen LogP contribution in [0.25, 0.3) is 0 Å². The van der Waals surface area contributed by atoms with Gasteiger partial charge in [0.25, 0.3) is 11.6 Å². The van der Waals surface area contributed by atoms with Crippen LogP contribution in [0.2, 0.25) is 0 Å². The Bertz CT molecular complexity index is 775. The predicted molar refractivity (Wildman–Crippen MR) is 94.0 cm³/mol. The summed E-state index contributed by atoms with van der Waals surface area (Å²) in [7, 11) is 0. The van der Waals surface area contributed by atoms with Gasteiger partial charge in [0.15, 0.2) is 0 Å². The first-order valence-corrected chi connectivity index (χ1v) is 8.12. The van der Waals surface area contributed by atoms with Crippen LogP contribution in [0.5, 0.6) is 0 Å². The average Bonchev–Trinajstić information content (AvgIpc) is 2.60. The van der Waals surface area contributed by atoms with Crippen molar-refractivity contribution in [1.82, 2.24) is 5.32 Å². The number of ether oxygens (including phenoxy) is 1. The SMILES string of the molecule is C[C@H](NC(=O)c1ccc(Br)cc1)C(=O)OCc1ccc([N+](=O)[O-])cc1. The van der Waals surface area contributed by atoms with Gasteiger partial charge in [-0.25, -0.2) is 4.79 Å². The summed E-state index contributed by atoms with van der Waals surface area (Å²) in [6.45, 7) is 1.49. The fourth-order valence-electron chi connectivity index (χ4n) is 1.93. The van der Waals surface area contributed by atoms with Crippen LogP contribution in [0.15, 0.2) is 53.0 Å². The maximum Gasteiger partial charge on any atom is 0.328 e. The lowest BCUT2D eigenvalue weighted by Gasteiger charge is -2.13. The highest BCUT2D eigenvalue weighted by Crippen LogP contribution is 2.13. The molecule has 0 spiro atoms. The molecule has 0 bridgehead atoms. The smallest absolute Gasteiger partial charge is 0.328 e. The maximum atomic E-state index is 12.0. The van der Waals surface area contributed by atoms with Gasteiger partial charge >= 0.3 is 5.97 Å². The van der Waals surface area contributed by atoms with E-state index in [1.165, 1.54) is 31.2 Å². The number of carbonyl (C=O) groups excluding carboxylic acids is 2. The van der Waals surface area contributed by atoms with E-state index in [4.69, 9.17) is 4.74 Å². The lowest BCUT2D eigenvalue weighted by molar-refractivity contribution is -0.384. The zero-order valence-electron chi connectivity index (χ0n) is 13.3. The Morgan fingerprint density at radius 2 is 1.76 bits per heavy atom. The highest BCUT2D eigenvalue weighted by atomic mass is 79.9. The second-order valence-corrected chi connectivity index (χ2v) is 6.15. The highest BCUT2D eigenvalue weighted by molar-refractivity contribution is 9.10. The molecule has 0 saturated carbocycles. The molecular weight excluding hydrogens is 392 g/mol. The van der Waals surface area contributed by atoms with E-state index in [1.807, 2.05) is 0 Å². The highest BCUT2D eigenvalue weighted by Gasteiger charge is 2.18. The zero-order chi connectivity index (χ0) is 18.4. The van der Waals surface area contributed by atoms with Gasteiger partial charge in [-0.05, 0) is 48.9 Å². The molecule has 0 heterocycles. The van der Waals surface area contributed by atoms with Gasteiger partial charge in [-0.2, -0.15) is 0 Å². The normalized spacial score (nSPS) is 11.4. The van der Waals surface area contributed by atoms with E-state index in [0.717, 1.165) is 4.47 Å². The zero-order valence-corrected chi connectivity index (χ0v) is 14.9. The van der Waals surface area contributed by atoms with E-state index in [2.05, 4.69) is 21.2 Å². The van der Waals surface area contributed by atoms with E-state index in [1.54, 1.807) is 24.3 Å². The van der Waals surface area contributed by atoms with Crippen LogP contribution >= 0.6 is 15.9 Å². The fraction of sp³-hybridized carbons (Fsp3) is 0.176. The lowest BCUT2D eigenvalue weighted by Crippen LogP contribution is -2.39. The summed E-state index contributed by atoms with van der Waals surface area (Å²) < 4.78 is 5.96. The molecule has 0 saturated heterocycles. The first-order valence-electron chi connectivity index (χ1n) is 7.33. The van der Waals surface area contributed by atoms with Crippen molar-refractivity contribution in [2.75, 3.05) is 0 Å². The van der Waals surface area contributed by atoms with Gasteiger partial charge in [0, 0.05) is 22.2 Å². The molecule has 8 heteroatoms. The maximum absolute atomic E-state index is 12.0. The third-order valence-electron chi connectivity index (χ3n) is 3.34. The molecule has 0 aromatic heterocycles. The number of esters is 1. The Morgan fingerprint density at radius 1 is 1.16 bits per heavy atom. The molecule has 25 heavy (non-hydrogen) atoms. The Morgan fingerprint density at radius 3 is 2.32 bits per heavy atom. The lowest BCUT2D eigenvalue weighted by atomic mass is 10.2. The molecule has 2 aromatic rings. The number of nitro groups is 1. The van der Waals surface area contributed by atoms with Crippen LogP contribution in [-0.2, 0) is 16.1 Å². The second kappa shape index (κ2) is 8.39. The molecule has 0 aliphatic carbocycles.